The molecule has 0 bridgehead atoms. The molecule has 1 aliphatic carbocycles. The largest absolute Gasteiger partial charge is 0.477 e. The summed E-state index contributed by atoms with van der Waals surface area (Å²) < 4.78 is 5.95. The summed E-state index contributed by atoms with van der Waals surface area (Å²) in [5, 5.41) is 1.90. The van der Waals surface area contributed by atoms with E-state index in [9.17, 15) is 4.79 Å². The van der Waals surface area contributed by atoms with Gasteiger partial charge in [-0.2, -0.15) is 0 Å². The van der Waals surface area contributed by atoms with E-state index >= 15 is 0 Å². The molecular weight excluding hydrogens is 334 g/mol. The number of ether oxygens (including phenoxy) is 1. The van der Waals surface area contributed by atoms with Gasteiger partial charge in [-0.3, -0.25) is 4.79 Å². The topological polar surface area (TPSA) is 39.2 Å². The minimum atomic E-state index is 0.0497. The van der Waals surface area contributed by atoms with Crippen molar-refractivity contribution in [3.63, 3.8) is 0 Å². The fourth-order valence-electron chi connectivity index (χ4n) is 3.89. The second-order valence-electron chi connectivity index (χ2n) is 6.54. The van der Waals surface area contributed by atoms with Gasteiger partial charge in [-0.1, -0.05) is 72.8 Å². The molecule has 0 saturated carbocycles. The number of pyridine rings is 1. The molecule has 0 aliphatic heterocycles. The Kier molecular flexibility index (Phi) is 3.54. The standard InChI is InChI=1S/C24H17NO2/c1-2-27-24-20(15-9-4-3-5-10-15)18-13-8-14-19-21(18)22(25-24)16-11-6-7-12-17(16)23(19)26/h3-14H,2H2,1H3. The summed E-state index contributed by atoms with van der Waals surface area (Å²) in [4.78, 5) is 18.0. The molecular formula is C24H17NO2. The van der Waals surface area contributed by atoms with Gasteiger partial charge >= 0.3 is 0 Å². The van der Waals surface area contributed by atoms with E-state index in [0.29, 0.717) is 23.6 Å². The first-order chi connectivity index (χ1) is 13.3. The first-order valence-electron chi connectivity index (χ1n) is 9.08. The molecule has 0 atom stereocenters. The molecule has 4 aromatic rings. The monoisotopic (exact) mass is 351 g/mol. The van der Waals surface area contributed by atoms with E-state index in [1.54, 1.807) is 0 Å². The summed E-state index contributed by atoms with van der Waals surface area (Å²) in [6, 6.07) is 23.6. The molecule has 130 valence electrons. The highest BCUT2D eigenvalue weighted by Crippen LogP contribution is 2.45. The number of fused-ring (bicyclic) bond motifs is 2. The Labute approximate surface area is 157 Å². The highest BCUT2D eigenvalue weighted by Gasteiger charge is 2.28. The molecule has 1 aromatic heterocycles. The number of nitrogens with zero attached hydrogens (tertiary/aromatic N) is 1. The van der Waals surface area contributed by atoms with Gasteiger partial charge in [0.2, 0.25) is 5.88 Å². The van der Waals surface area contributed by atoms with Gasteiger partial charge in [0.15, 0.2) is 5.78 Å². The highest BCUT2D eigenvalue weighted by molar-refractivity contribution is 6.26. The Hall–Kier alpha value is -3.46. The van der Waals surface area contributed by atoms with Gasteiger partial charge in [-0.05, 0) is 17.9 Å². The van der Waals surface area contributed by atoms with Crippen LogP contribution in [0, 0.1) is 0 Å². The van der Waals surface area contributed by atoms with Crippen LogP contribution in [-0.4, -0.2) is 17.4 Å². The summed E-state index contributed by atoms with van der Waals surface area (Å²) in [5.74, 6) is 0.654. The molecule has 0 N–H and O–H groups in total. The molecule has 3 heteroatoms. The van der Waals surface area contributed by atoms with Crippen LogP contribution in [0.4, 0.5) is 0 Å². The van der Waals surface area contributed by atoms with Crippen molar-refractivity contribution in [3.05, 3.63) is 83.9 Å². The van der Waals surface area contributed by atoms with E-state index in [1.807, 2.05) is 73.7 Å². The predicted octanol–water partition coefficient (Wildman–Crippen LogP) is 5.51. The Balaban J connectivity index is 1.96. The van der Waals surface area contributed by atoms with Gasteiger partial charge in [0.05, 0.1) is 17.9 Å². The third-order valence-electron chi connectivity index (χ3n) is 5.01. The fourth-order valence-corrected chi connectivity index (χ4v) is 3.89. The van der Waals surface area contributed by atoms with Gasteiger partial charge < -0.3 is 4.74 Å². The molecule has 27 heavy (non-hydrogen) atoms. The lowest BCUT2D eigenvalue weighted by atomic mass is 9.84. The van der Waals surface area contributed by atoms with Crippen LogP contribution in [0.1, 0.15) is 22.8 Å². The summed E-state index contributed by atoms with van der Waals surface area (Å²) >= 11 is 0. The number of benzene rings is 3. The molecule has 0 unspecified atom stereocenters. The normalized spacial score (nSPS) is 12.1. The molecule has 3 nitrogen and oxygen atoms in total. The number of hydrogen-bond donors (Lipinski definition) is 0. The summed E-state index contributed by atoms with van der Waals surface area (Å²) in [6.07, 6.45) is 0. The van der Waals surface area contributed by atoms with E-state index in [0.717, 1.165) is 33.2 Å². The maximum Gasteiger partial charge on any atom is 0.222 e. The fraction of sp³-hybridized carbons (Fsp3) is 0.0833. The molecule has 0 saturated heterocycles. The quantitative estimate of drug-likeness (QED) is 0.430. The van der Waals surface area contributed by atoms with Crippen LogP contribution < -0.4 is 4.74 Å². The van der Waals surface area contributed by atoms with Crippen LogP contribution in [0.2, 0.25) is 0 Å². The Morgan fingerprint density at radius 1 is 0.815 bits per heavy atom. The highest BCUT2D eigenvalue weighted by atomic mass is 16.5. The Morgan fingerprint density at radius 3 is 2.30 bits per heavy atom. The first-order valence-corrected chi connectivity index (χ1v) is 9.08. The van der Waals surface area contributed by atoms with Gasteiger partial charge in [-0.15, -0.1) is 0 Å². The number of carbonyl (C=O) groups excluding carboxylic acids is 1. The maximum absolute atomic E-state index is 13.1. The van der Waals surface area contributed by atoms with Gasteiger partial charge in [0, 0.05) is 22.1 Å². The zero-order valence-corrected chi connectivity index (χ0v) is 14.9. The summed E-state index contributed by atoms with van der Waals surface area (Å²) in [6.45, 7) is 2.48. The lowest BCUT2D eigenvalue weighted by Crippen LogP contribution is -2.12. The predicted molar refractivity (Wildman–Crippen MR) is 107 cm³/mol. The molecule has 5 rings (SSSR count). The smallest absolute Gasteiger partial charge is 0.222 e. The number of ketones is 1. The van der Waals surface area contributed by atoms with Crippen molar-refractivity contribution in [2.24, 2.45) is 0 Å². The summed E-state index contributed by atoms with van der Waals surface area (Å²) in [5.41, 5.74) is 5.05. The zero-order valence-electron chi connectivity index (χ0n) is 14.9. The van der Waals surface area contributed by atoms with Crippen LogP contribution in [0.15, 0.2) is 72.8 Å². The molecule has 0 radical (unpaired) electrons. The van der Waals surface area contributed by atoms with E-state index in [1.165, 1.54) is 0 Å². The van der Waals surface area contributed by atoms with Gasteiger partial charge in [0.1, 0.15) is 0 Å². The van der Waals surface area contributed by atoms with Crippen LogP contribution in [-0.2, 0) is 0 Å². The van der Waals surface area contributed by atoms with Crippen LogP contribution >= 0.6 is 0 Å². The van der Waals surface area contributed by atoms with Crippen molar-refractivity contribution in [2.75, 3.05) is 6.61 Å². The first kappa shape index (κ1) is 15.8. The number of rotatable bonds is 3. The lowest BCUT2D eigenvalue weighted by Gasteiger charge is -2.22. The van der Waals surface area contributed by atoms with Crippen molar-refractivity contribution < 1.29 is 9.53 Å². The molecule has 0 amide bonds. The molecule has 0 spiro atoms. The third-order valence-corrected chi connectivity index (χ3v) is 5.01. The summed E-state index contributed by atoms with van der Waals surface area (Å²) in [7, 11) is 0. The van der Waals surface area contributed by atoms with Gasteiger partial charge in [-0.25, -0.2) is 4.98 Å². The number of aromatic nitrogens is 1. The van der Waals surface area contributed by atoms with E-state index < -0.39 is 0 Å². The lowest BCUT2D eigenvalue weighted by molar-refractivity contribution is 0.104. The average molecular weight is 351 g/mol. The molecule has 1 heterocycles. The second-order valence-corrected chi connectivity index (χ2v) is 6.54. The third kappa shape index (κ3) is 2.28. The minimum Gasteiger partial charge on any atom is -0.477 e. The number of hydrogen-bond acceptors (Lipinski definition) is 3. The minimum absolute atomic E-state index is 0.0497. The van der Waals surface area contributed by atoms with Crippen molar-refractivity contribution in [3.8, 4) is 28.3 Å². The Bertz CT molecular complexity index is 1200. The van der Waals surface area contributed by atoms with Crippen LogP contribution in [0.25, 0.3) is 33.2 Å². The second kappa shape index (κ2) is 6.06. The van der Waals surface area contributed by atoms with Crippen molar-refractivity contribution in [1.29, 1.82) is 0 Å². The van der Waals surface area contributed by atoms with Crippen molar-refractivity contribution >= 4 is 16.6 Å². The van der Waals surface area contributed by atoms with Crippen LogP contribution in [0.3, 0.4) is 0 Å². The van der Waals surface area contributed by atoms with E-state index in [2.05, 4.69) is 6.07 Å². The average Bonchev–Trinajstić information content (AvgIpc) is 2.72. The van der Waals surface area contributed by atoms with E-state index in [-0.39, 0.29) is 5.78 Å². The zero-order chi connectivity index (χ0) is 18.4. The molecule has 1 aliphatic rings. The number of carbonyl (C=O) groups is 1. The van der Waals surface area contributed by atoms with Crippen molar-refractivity contribution in [2.45, 2.75) is 6.92 Å². The van der Waals surface area contributed by atoms with E-state index in [4.69, 9.17) is 9.72 Å². The van der Waals surface area contributed by atoms with Crippen LogP contribution in [0.5, 0.6) is 5.88 Å². The Morgan fingerprint density at radius 2 is 1.52 bits per heavy atom. The molecule has 3 aromatic carbocycles. The van der Waals surface area contributed by atoms with Gasteiger partial charge in [0.25, 0.3) is 0 Å². The van der Waals surface area contributed by atoms with Crippen molar-refractivity contribution in [1.82, 2.24) is 4.98 Å². The SMILES string of the molecule is CCOc1nc2c3c(cccc3c1-c1ccccc1)C(=O)c1ccccc1-2. The molecule has 0 fully saturated rings. The maximum atomic E-state index is 13.1.